The Balaban J connectivity index is 2.10. The van der Waals surface area contributed by atoms with Crippen LogP contribution in [0.4, 0.5) is 4.39 Å². The third-order valence-electron chi connectivity index (χ3n) is 3.74. The first-order chi connectivity index (χ1) is 9.47. The monoisotopic (exact) mass is 278 g/mol. The van der Waals surface area contributed by atoms with Crippen molar-refractivity contribution in [1.82, 2.24) is 10.2 Å². The third-order valence-corrected chi connectivity index (χ3v) is 3.74. The van der Waals surface area contributed by atoms with Gasteiger partial charge in [-0.15, -0.1) is 0 Å². The Hall–Kier alpha value is -1.42. The van der Waals surface area contributed by atoms with Gasteiger partial charge in [-0.1, -0.05) is 19.9 Å². The second-order valence-electron chi connectivity index (χ2n) is 6.05. The number of hydrogen-bond acceptors (Lipinski definition) is 2. The number of piperazine rings is 1. The fourth-order valence-electron chi connectivity index (χ4n) is 2.73. The molecule has 2 atom stereocenters. The normalized spacial score (nSPS) is 23.1. The van der Waals surface area contributed by atoms with Crippen LogP contribution in [0.3, 0.4) is 0 Å². The molecule has 0 bridgehead atoms. The highest BCUT2D eigenvalue weighted by Crippen LogP contribution is 2.16. The van der Waals surface area contributed by atoms with E-state index in [0.717, 1.165) is 13.0 Å². The summed E-state index contributed by atoms with van der Waals surface area (Å²) in [6.45, 7) is 7.86. The van der Waals surface area contributed by atoms with Crippen LogP contribution in [0.2, 0.25) is 0 Å². The molecule has 1 amide bonds. The highest BCUT2D eigenvalue weighted by atomic mass is 19.1. The number of hydrogen-bond donors (Lipinski definition) is 1. The van der Waals surface area contributed by atoms with Gasteiger partial charge in [0.2, 0.25) is 0 Å². The molecule has 1 aromatic rings. The molecule has 1 heterocycles. The van der Waals surface area contributed by atoms with E-state index in [9.17, 15) is 9.18 Å². The van der Waals surface area contributed by atoms with E-state index in [1.54, 1.807) is 12.1 Å². The molecule has 0 aliphatic carbocycles. The number of amides is 1. The van der Waals surface area contributed by atoms with Crippen LogP contribution in [0.25, 0.3) is 0 Å². The van der Waals surface area contributed by atoms with Crippen molar-refractivity contribution in [2.75, 3.05) is 13.1 Å². The lowest BCUT2D eigenvalue weighted by Crippen LogP contribution is -2.57. The first-order valence-corrected chi connectivity index (χ1v) is 7.27. The Morgan fingerprint density at radius 2 is 2.25 bits per heavy atom. The van der Waals surface area contributed by atoms with E-state index in [0.29, 0.717) is 24.1 Å². The zero-order valence-corrected chi connectivity index (χ0v) is 12.4. The van der Waals surface area contributed by atoms with Gasteiger partial charge < -0.3 is 10.2 Å². The van der Waals surface area contributed by atoms with E-state index in [1.165, 1.54) is 12.1 Å². The molecule has 4 heteroatoms. The summed E-state index contributed by atoms with van der Waals surface area (Å²) in [5.41, 5.74) is 0.432. The molecule has 1 N–H and O–H groups in total. The molecule has 1 fully saturated rings. The fourth-order valence-corrected chi connectivity index (χ4v) is 2.73. The van der Waals surface area contributed by atoms with Crippen molar-refractivity contribution in [1.29, 1.82) is 0 Å². The summed E-state index contributed by atoms with van der Waals surface area (Å²) in [5, 5.41) is 3.48. The number of carbonyl (C=O) groups excluding carboxylic acids is 1. The number of nitrogens with zero attached hydrogens (tertiary/aromatic N) is 1. The van der Waals surface area contributed by atoms with Crippen molar-refractivity contribution >= 4 is 5.91 Å². The molecule has 1 aromatic carbocycles. The van der Waals surface area contributed by atoms with Crippen LogP contribution < -0.4 is 5.32 Å². The summed E-state index contributed by atoms with van der Waals surface area (Å²) in [7, 11) is 0. The van der Waals surface area contributed by atoms with E-state index in [-0.39, 0.29) is 17.8 Å². The fraction of sp³-hybridized carbons (Fsp3) is 0.562. The van der Waals surface area contributed by atoms with Gasteiger partial charge in [0.1, 0.15) is 5.82 Å². The largest absolute Gasteiger partial charge is 0.333 e. The molecule has 1 aliphatic rings. The van der Waals surface area contributed by atoms with Gasteiger partial charge in [0.25, 0.3) is 5.91 Å². The first kappa shape index (κ1) is 15.0. The molecule has 2 rings (SSSR count). The lowest BCUT2D eigenvalue weighted by Gasteiger charge is -2.39. The van der Waals surface area contributed by atoms with Crippen molar-refractivity contribution in [2.24, 2.45) is 5.92 Å². The standard InChI is InChI=1S/C16H23FN2O/c1-11(2)7-15-10-19(12(3)9-18-15)16(20)13-5-4-6-14(17)8-13/h4-6,8,11-12,15,18H,7,9-10H2,1-3H3. The van der Waals surface area contributed by atoms with Crippen molar-refractivity contribution in [2.45, 2.75) is 39.3 Å². The molecule has 1 aliphatic heterocycles. The summed E-state index contributed by atoms with van der Waals surface area (Å²) in [4.78, 5) is 14.4. The van der Waals surface area contributed by atoms with E-state index in [1.807, 2.05) is 11.8 Å². The highest BCUT2D eigenvalue weighted by Gasteiger charge is 2.29. The Labute approximate surface area is 120 Å². The number of nitrogens with one attached hydrogen (secondary N) is 1. The number of rotatable bonds is 3. The van der Waals surface area contributed by atoms with E-state index < -0.39 is 0 Å². The maximum Gasteiger partial charge on any atom is 0.254 e. The zero-order chi connectivity index (χ0) is 14.7. The topological polar surface area (TPSA) is 32.3 Å². The molecule has 3 nitrogen and oxygen atoms in total. The maximum atomic E-state index is 13.3. The first-order valence-electron chi connectivity index (χ1n) is 7.27. The van der Waals surface area contributed by atoms with Gasteiger partial charge in [-0.25, -0.2) is 4.39 Å². The summed E-state index contributed by atoms with van der Waals surface area (Å²) in [5.74, 6) is 0.150. The SMILES string of the molecule is CC(C)CC1CN(C(=O)c2cccc(F)c2)C(C)CN1. The molecule has 2 unspecified atom stereocenters. The summed E-state index contributed by atoms with van der Waals surface area (Å²) in [6.07, 6.45) is 1.04. The molecular formula is C16H23FN2O. The average Bonchev–Trinajstić information content (AvgIpc) is 2.39. The van der Waals surface area contributed by atoms with Crippen LogP contribution >= 0.6 is 0 Å². The van der Waals surface area contributed by atoms with Crippen molar-refractivity contribution in [3.8, 4) is 0 Å². The van der Waals surface area contributed by atoms with Crippen LogP contribution in [-0.2, 0) is 0 Å². The van der Waals surface area contributed by atoms with Crippen molar-refractivity contribution in [3.05, 3.63) is 35.6 Å². The van der Waals surface area contributed by atoms with Crippen LogP contribution in [0, 0.1) is 11.7 Å². The molecule has 1 saturated heterocycles. The lowest BCUT2D eigenvalue weighted by molar-refractivity contribution is 0.0594. The lowest BCUT2D eigenvalue weighted by atomic mass is 9.99. The third kappa shape index (κ3) is 3.57. The molecule has 0 saturated carbocycles. The van der Waals surface area contributed by atoms with Gasteiger partial charge in [0, 0.05) is 30.7 Å². The second kappa shape index (κ2) is 6.35. The number of benzene rings is 1. The number of carbonyl (C=O) groups is 1. The van der Waals surface area contributed by atoms with Crippen LogP contribution in [0.15, 0.2) is 24.3 Å². The quantitative estimate of drug-likeness (QED) is 0.922. The minimum Gasteiger partial charge on any atom is -0.333 e. The van der Waals surface area contributed by atoms with Gasteiger partial charge in [-0.2, -0.15) is 0 Å². The molecule has 0 spiro atoms. The summed E-state index contributed by atoms with van der Waals surface area (Å²) < 4.78 is 13.3. The van der Waals surface area contributed by atoms with Gasteiger partial charge in [-0.05, 0) is 37.5 Å². The Bertz CT molecular complexity index is 475. The predicted molar refractivity (Wildman–Crippen MR) is 78.1 cm³/mol. The molecule has 20 heavy (non-hydrogen) atoms. The second-order valence-corrected chi connectivity index (χ2v) is 6.05. The molecule has 0 radical (unpaired) electrons. The highest BCUT2D eigenvalue weighted by molar-refractivity contribution is 5.94. The number of halogens is 1. The molecule has 110 valence electrons. The predicted octanol–water partition coefficient (Wildman–Crippen LogP) is 2.67. The minimum absolute atomic E-state index is 0.0766. The summed E-state index contributed by atoms with van der Waals surface area (Å²) in [6, 6.07) is 6.39. The van der Waals surface area contributed by atoms with Gasteiger partial charge >= 0.3 is 0 Å². The van der Waals surface area contributed by atoms with Crippen LogP contribution in [-0.4, -0.2) is 36.0 Å². The zero-order valence-electron chi connectivity index (χ0n) is 12.4. The van der Waals surface area contributed by atoms with E-state index in [2.05, 4.69) is 19.2 Å². The Morgan fingerprint density at radius 1 is 1.50 bits per heavy atom. The van der Waals surface area contributed by atoms with Crippen LogP contribution in [0.1, 0.15) is 37.6 Å². The molecular weight excluding hydrogens is 255 g/mol. The van der Waals surface area contributed by atoms with Gasteiger partial charge in [0.05, 0.1) is 0 Å². The van der Waals surface area contributed by atoms with Gasteiger partial charge in [0.15, 0.2) is 0 Å². The maximum absolute atomic E-state index is 13.3. The Kier molecular flexibility index (Phi) is 4.76. The summed E-state index contributed by atoms with van der Waals surface area (Å²) >= 11 is 0. The van der Waals surface area contributed by atoms with Crippen molar-refractivity contribution < 1.29 is 9.18 Å². The van der Waals surface area contributed by atoms with Crippen LogP contribution in [0.5, 0.6) is 0 Å². The smallest absolute Gasteiger partial charge is 0.254 e. The van der Waals surface area contributed by atoms with Gasteiger partial charge in [-0.3, -0.25) is 4.79 Å². The van der Waals surface area contributed by atoms with Crippen molar-refractivity contribution in [3.63, 3.8) is 0 Å². The minimum atomic E-state index is -0.364. The Morgan fingerprint density at radius 3 is 2.90 bits per heavy atom. The molecule has 0 aromatic heterocycles. The van der Waals surface area contributed by atoms with E-state index >= 15 is 0 Å². The average molecular weight is 278 g/mol. The van der Waals surface area contributed by atoms with E-state index in [4.69, 9.17) is 0 Å².